The van der Waals surface area contributed by atoms with Gasteiger partial charge >= 0.3 is 5.97 Å². The fourth-order valence-electron chi connectivity index (χ4n) is 4.69. The molecule has 0 aromatic heterocycles. The molecule has 0 fully saturated rings. The first-order chi connectivity index (χ1) is 12.7. The van der Waals surface area contributed by atoms with Crippen LogP contribution in [0.4, 0.5) is 0 Å². The van der Waals surface area contributed by atoms with E-state index in [-0.39, 0.29) is 5.78 Å². The van der Waals surface area contributed by atoms with Gasteiger partial charge in [-0.2, -0.15) is 0 Å². The third-order valence-electron chi connectivity index (χ3n) is 5.94. The molecule has 0 saturated carbocycles. The second kappa shape index (κ2) is 4.50. The minimum atomic E-state index is -0.987. The molecule has 124 valence electrons. The van der Waals surface area contributed by atoms with Crippen LogP contribution >= 0.6 is 0 Å². The third-order valence-corrected chi connectivity index (χ3v) is 5.94. The molecular weight excluding hydrogens is 324 g/mol. The molecule has 0 saturated heterocycles. The summed E-state index contributed by atoms with van der Waals surface area (Å²) in [6.45, 7) is 0. The molecule has 9 rings (SSSR count). The van der Waals surface area contributed by atoms with Crippen LogP contribution < -0.4 is 0 Å². The number of esters is 1. The van der Waals surface area contributed by atoms with Gasteiger partial charge in [-0.05, 0) is 30.0 Å². The summed E-state index contributed by atoms with van der Waals surface area (Å²) < 4.78 is 6.08. The molecule has 3 heteroatoms. The summed E-state index contributed by atoms with van der Waals surface area (Å²) in [6, 6.07) is 20.0. The molecule has 1 atom stereocenters. The summed E-state index contributed by atoms with van der Waals surface area (Å²) in [4.78, 5) is 25.5. The fourth-order valence-corrected chi connectivity index (χ4v) is 4.69. The molecule has 0 radical (unpaired) electrons. The average molecular weight is 338 g/mol. The Labute approximate surface area is 150 Å². The zero-order chi connectivity index (χ0) is 17.5. The van der Waals surface area contributed by atoms with Crippen molar-refractivity contribution >= 4 is 11.8 Å². The Kier molecular flexibility index (Phi) is 2.42. The van der Waals surface area contributed by atoms with E-state index in [2.05, 4.69) is 12.1 Å². The van der Waals surface area contributed by atoms with Crippen LogP contribution in [0.2, 0.25) is 0 Å². The van der Waals surface area contributed by atoms with E-state index in [0.717, 1.165) is 40.7 Å². The van der Waals surface area contributed by atoms with Crippen LogP contribution in [-0.2, 0) is 23.2 Å². The minimum Gasteiger partial charge on any atom is -0.441 e. The van der Waals surface area contributed by atoms with Crippen LogP contribution in [0.15, 0.2) is 60.7 Å². The standard InChI is InChI=1S/C23H14O3/c24-21-17-12-18-20-19(21)16(17)11-8-13-6-9-15(10-7-13)23(18,26-22(20)25)14-4-2-1-3-5-14/h1-7,9-10,12H,8,11H2. The second-order valence-electron chi connectivity index (χ2n) is 7.16. The van der Waals surface area contributed by atoms with Gasteiger partial charge in [0.05, 0.1) is 5.56 Å². The monoisotopic (exact) mass is 338 g/mol. The quantitative estimate of drug-likeness (QED) is 0.496. The molecule has 0 spiro atoms. The lowest BCUT2D eigenvalue weighted by atomic mass is 9.71. The zero-order valence-electron chi connectivity index (χ0n) is 13.9. The molecular formula is C23H14O3. The van der Waals surface area contributed by atoms with Gasteiger partial charge in [0.1, 0.15) is 0 Å². The average Bonchev–Trinajstić information content (AvgIpc) is 2.97. The first-order valence-corrected chi connectivity index (χ1v) is 8.83. The topological polar surface area (TPSA) is 43.4 Å². The molecule has 1 heterocycles. The normalized spacial score (nSPS) is 21.4. The molecule has 8 bridgehead atoms. The highest BCUT2D eigenvalue weighted by molar-refractivity contribution is 6.25. The summed E-state index contributed by atoms with van der Waals surface area (Å²) >= 11 is 0. The van der Waals surface area contributed by atoms with Crippen molar-refractivity contribution in [1.82, 2.24) is 0 Å². The third kappa shape index (κ3) is 1.46. The molecule has 26 heavy (non-hydrogen) atoms. The number of ether oxygens (including phenoxy) is 1. The number of rotatable bonds is 1. The highest BCUT2D eigenvalue weighted by Gasteiger charge is 2.53. The molecule has 6 aliphatic rings. The summed E-state index contributed by atoms with van der Waals surface area (Å²) in [7, 11) is 0. The molecule has 3 aromatic rings. The van der Waals surface area contributed by atoms with Gasteiger partial charge in [0.25, 0.3) is 0 Å². The van der Waals surface area contributed by atoms with Crippen molar-refractivity contribution in [3.63, 3.8) is 0 Å². The predicted molar refractivity (Wildman–Crippen MR) is 95.5 cm³/mol. The van der Waals surface area contributed by atoms with Crippen LogP contribution in [0.3, 0.4) is 0 Å². The van der Waals surface area contributed by atoms with Gasteiger partial charge in [-0.1, -0.05) is 54.6 Å². The highest BCUT2D eigenvalue weighted by Crippen LogP contribution is 2.52. The van der Waals surface area contributed by atoms with Crippen molar-refractivity contribution in [1.29, 1.82) is 0 Å². The Balaban J connectivity index is 1.78. The SMILES string of the molecule is O=C1OC2(c3ccccc3)c3ccc(cc3)CCc3c4cc2c1c3C4=O. The molecule has 3 aromatic carbocycles. The Morgan fingerprint density at radius 2 is 1.54 bits per heavy atom. The van der Waals surface area contributed by atoms with E-state index < -0.39 is 11.6 Å². The van der Waals surface area contributed by atoms with Crippen LogP contribution in [0.25, 0.3) is 0 Å². The number of carbonyl (C=O) groups is 2. The largest absolute Gasteiger partial charge is 0.441 e. The van der Waals surface area contributed by atoms with E-state index in [1.165, 1.54) is 5.56 Å². The van der Waals surface area contributed by atoms with Crippen LogP contribution in [0.5, 0.6) is 0 Å². The maximum atomic E-state index is 12.9. The van der Waals surface area contributed by atoms with Gasteiger partial charge in [-0.25, -0.2) is 4.79 Å². The van der Waals surface area contributed by atoms with Crippen LogP contribution in [0.1, 0.15) is 54.1 Å². The minimum absolute atomic E-state index is 0.0120. The summed E-state index contributed by atoms with van der Waals surface area (Å²) in [6.07, 6.45) is 1.63. The summed E-state index contributed by atoms with van der Waals surface area (Å²) in [5.74, 6) is -0.411. The number of benzene rings is 3. The number of carbonyl (C=O) groups excluding carboxylic acids is 2. The van der Waals surface area contributed by atoms with Gasteiger partial charge in [0.15, 0.2) is 11.4 Å². The fraction of sp³-hybridized carbons (Fsp3) is 0.130. The van der Waals surface area contributed by atoms with E-state index in [0.29, 0.717) is 11.1 Å². The Hall–Kier alpha value is -3.20. The lowest BCUT2D eigenvalue weighted by Gasteiger charge is -2.32. The van der Waals surface area contributed by atoms with Gasteiger partial charge < -0.3 is 4.74 Å². The van der Waals surface area contributed by atoms with Gasteiger partial charge in [0, 0.05) is 27.8 Å². The number of ketones is 1. The highest BCUT2D eigenvalue weighted by atomic mass is 16.6. The zero-order valence-corrected chi connectivity index (χ0v) is 13.9. The lowest BCUT2D eigenvalue weighted by Crippen LogP contribution is -2.31. The van der Waals surface area contributed by atoms with Crippen molar-refractivity contribution in [2.75, 3.05) is 0 Å². The number of aryl methyl sites for hydroxylation is 2. The number of hydrogen-bond donors (Lipinski definition) is 0. The lowest BCUT2D eigenvalue weighted by molar-refractivity contribution is 0.0251. The van der Waals surface area contributed by atoms with E-state index in [9.17, 15) is 9.59 Å². The maximum Gasteiger partial charge on any atom is 0.340 e. The van der Waals surface area contributed by atoms with E-state index in [1.807, 2.05) is 48.5 Å². The number of hydrogen-bond acceptors (Lipinski definition) is 3. The molecule has 3 nitrogen and oxygen atoms in total. The molecule has 1 aliphatic heterocycles. The van der Waals surface area contributed by atoms with Crippen LogP contribution in [-0.4, -0.2) is 11.8 Å². The van der Waals surface area contributed by atoms with Crippen molar-refractivity contribution in [3.8, 4) is 0 Å². The predicted octanol–water partition coefficient (Wildman–Crippen LogP) is 3.79. The van der Waals surface area contributed by atoms with E-state index in [1.54, 1.807) is 0 Å². The van der Waals surface area contributed by atoms with Gasteiger partial charge in [-0.3, -0.25) is 4.79 Å². The van der Waals surface area contributed by atoms with E-state index in [4.69, 9.17) is 4.74 Å². The van der Waals surface area contributed by atoms with Crippen molar-refractivity contribution in [3.05, 3.63) is 105 Å². The first kappa shape index (κ1) is 14.0. The second-order valence-corrected chi connectivity index (χ2v) is 7.16. The molecule has 0 N–H and O–H groups in total. The van der Waals surface area contributed by atoms with Gasteiger partial charge in [0.2, 0.25) is 0 Å². The van der Waals surface area contributed by atoms with E-state index >= 15 is 0 Å². The molecule has 5 aliphatic carbocycles. The Bertz CT molecular complexity index is 1130. The molecule has 1 unspecified atom stereocenters. The maximum absolute atomic E-state index is 12.9. The summed E-state index contributed by atoms with van der Waals surface area (Å²) in [5.41, 5.74) is 5.67. The van der Waals surface area contributed by atoms with Gasteiger partial charge in [-0.15, -0.1) is 0 Å². The Morgan fingerprint density at radius 1 is 0.808 bits per heavy atom. The molecule has 0 amide bonds. The van der Waals surface area contributed by atoms with Crippen molar-refractivity contribution in [2.24, 2.45) is 0 Å². The van der Waals surface area contributed by atoms with Crippen molar-refractivity contribution < 1.29 is 14.3 Å². The smallest absolute Gasteiger partial charge is 0.340 e. The first-order valence-electron chi connectivity index (χ1n) is 8.83. The van der Waals surface area contributed by atoms with Crippen molar-refractivity contribution in [2.45, 2.75) is 18.4 Å². The summed E-state index contributed by atoms with van der Waals surface area (Å²) in [5, 5.41) is 0. The Morgan fingerprint density at radius 3 is 2.31 bits per heavy atom. The van der Waals surface area contributed by atoms with Crippen LogP contribution in [0, 0.1) is 0 Å².